The molecule has 0 aliphatic carbocycles. The minimum atomic E-state index is -0.203. The monoisotopic (exact) mass is 200 g/mol. The van der Waals surface area contributed by atoms with Gasteiger partial charge in [0, 0.05) is 12.6 Å². The highest BCUT2D eigenvalue weighted by molar-refractivity contribution is 4.74. The summed E-state index contributed by atoms with van der Waals surface area (Å²) in [5.74, 6) is 0.353. The van der Waals surface area contributed by atoms with Crippen LogP contribution < -0.4 is 10.6 Å². The van der Waals surface area contributed by atoms with E-state index in [1.807, 2.05) is 0 Å². The van der Waals surface area contributed by atoms with Crippen LogP contribution in [0.25, 0.3) is 0 Å². The Labute approximate surface area is 87.3 Å². The Morgan fingerprint density at radius 1 is 1.36 bits per heavy atom. The number of nitrogens with one attached hydrogen (secondary N) is 2. The van der Waals surface area contributed by atoms with Crippen LogP contribution in [0, 0.1) is 5.92 Å². The molecule has 0 aromatic heterocycles. The molecule has 0 saturated carbocycles. The molecule has 14 heavy (non-hydrogen) atoms. The molecule has 0 amide bonds. The zero-order valence-electron chi connectivity index (χ0n) is 9.42. The number of rotatable bonds is 4. The molecule has 1 fully saturated rings. The topological polar surface area (TPSA) is 44.3 Å². The minimum absolute atomic E-state index is 0.203. The lowest BCUT2D eigenvalue weighted by Gasteiger charge is -2.20. The van der Waals surface area contributed by atoms with Crippen LogP contribution >= 0.6 is 0 Å². The highest BCUT2D eigenvalue weighted by Crippen LogP contribution is 2.06. The van der Waals surface area contributed by atoms with E-state index in [0.29, 0.717) is 12.0 Å². The van der Waals surface area contributed by atoms with Gasteiger partial charge in [-0.25, -0.2) is 0 Å². The van der Waals surface area contributed by atoms with Crippen LogP contribution in [0.15, 0.2) is 0 Å². The third kappa shape index (κ3) is 4.40. The van der Waals surface area contributed by atoms with Crippen LogP contribution in [0.4, 0.5) is 0 Å². The molecule has 0 aromatic rings. The normalized spacial score (nSPS) is 26.1. The van der Waals surface area contributed by atoms with Crippen molar-refractivity contribution in [3.8, 4) is 0 Å². The predicted molar refractivity (Wildman–Crippen MR) is 59.4 cm³/mol. The first-order valence-corrected chi connectivity index (χ1v) is 5.82. The summed E-state index contributed by atoms with van der Waals surface area (Å²) in [7, 11) is 0. The maximum Gasteiger partial charge on any atom is 0.0687 e. The summed E-state index contributed by atoms with van der Waals surface area (Å²) in [5.41, 5.74) is 0. The van der Waals surface area contributed by atoms with Gasteiger partial charge >= 0.3 is 0 Å². The van der Waals surface area contributed by atoms with E-state index < -0.39 is 0 Å². The molecular weight excluding hydrogens is 176 g/mol. The van der Waals surface area contributed by atoms with Gasteiger partial charge in [0.1, 0.15) is 0 Å². The van der Waals surface area contributed by atoms with Crippen LogP contribution in [-0.2, 0) is 0 Å². The summed E-state index contributed by atoms with van der Waals surface area (Å²) in [6, 6.07) is 0.596. The first-order chi connectivity index (χ1) is 6.70. The van der Waals surface area contributed by atoms with E-state index in [9.17, 15) is 5.11 Å². The van der Waals surface area contributed by atoms with Crippen LogP contribution in [0.3, 0.4) is 0 Å². The van der Waals surface area contributed by atoms with Gasteiger partial charge in [0.25, 0.3) is 0 Å². The van der Waals surface area contributed by atoms with Crippen molar-refractivity contribution in [1.82, 2.24) is 10.6 Å². The van der Waals surface area contributed by atoms with Gasteiger partial charge in [0.05, 0.1) is 6.10 Å². The predicted octanol–water partition coefficient (Wildman–Crippen LogP) is 0.735. The Bertz CT molecular complexity index is 142. The van der Waals surface area contributed by atoms with Gasteiger partial charge in [0.2, 0.25) is 0 Å². The fourth-order valence-corrected chi connectivity index (χ4v) is 1.75. The maximum atomic E-state index is 9.65. The molecule has 0 radical (unpaired) electrons. The first kappa shape index (κ1) is 12.0. The van der Waals surface area contributed by atoms with E-state index in [4.69, 9.17) is 0 Å². The summed E-state index contributed by atoms with van der Waals surface area (Å²) in [6.07, 6.45) is 3.46. The molecule has 1 saturated heterocycles. The van der Waals surface area contributed by atoms with Crippen molar-refractivity contribution in [2.45, 2.75) is 45.3 Å². The number of aliphatic hydroxyl groups is 1. The van der Waals surface area contributed by atoms with Crippen molar-refractivity contribution in [1.29, 1.82) is 0 Å². The molecule has 1 aliphatic rings. The Hall–Kier alpha value is -0.120. The van der Waals surface area contributed by atoms with E-state index in [1.165, 1.54) is 19.3 Å². The minimum Gasteiger partial charge on any atom is -0.392 e. The molecular formula is C11H24N2O. The lowest BCUT2D eigenvalue weighted by atomic mass is 10.1. The van der Waals surface area contributed by atoms with Crippen molar-refractivity contribution < 1.29 is 5.11 Å². The van der Waals surface area contributed by atoms with Gasteiger partial charge in [-0.15, -0.1) is 0 Å². The van der Waals surface area contributed by atoms with Gasteiger partial charge in [-0.3, -0.25) is 0 Å². The first-order valence-electron chi connectivity index (χ1n) is 5.82. The zero-order chi connectivity index (χ0) is 10.4. The van der Waals surface area contributed by atoms with Gasteiger partial charge in [0.15, 0.2) is 0 Å². The summed E-state index contributed by atoms with van der Waals surface area (Å²) >= 11 is 0. The second-order valence-electron chi connectivity index (χ2n) is 4.60. The maximum absolute atomic E-state index is 9.65. The summed E-state index contributed by atoms with van der Waals surface area (Å²) < 4.78 is 0. The third-order valence-electron chi connectivity index (χ3n) is 2.96. The van der Waals surface area contributed by atoms with Crippen LogP contribution in [0.2, 0.25) is 0 Å². The average molecular weight is 200 g/mol. The van der Waals surface area contributed by atoms with E-state index in [-0.39, 0.29) is 6.10 Å². The van der Waals surface area contributed by atoms with Crippen molar-refractivity contribution in [2.24, 2.45) is 5.92 Å². The van der Waals surface area contributed by atoms with Crippen LogP contribution in [0.5, 0.6) is 0 Å². The summed E-state index contributed by atoms with van der Waals surface area (Å²) in [6.45, 7) is 7.10. The second kappa shape index (κ2) is 6.38. The van der Waals surface area contributed by atoms with Crippen LogP contribution in [0.1, 0.15) is 33.1 Å². The Balaban J connectivity index is 2.15. The Morgan fingerprint density at radius 3 is 2.86 bits per heavy atom. The molecule has 0 aromatic carbocycles. The molecule has 1 rings (SSSR count). The van der Waals surface area contributed by atoms with Crippen molar-refractivity contribution >= 4 is 0 Å². The number of hydrogen-bond donors (Lipinski definition) is 3. The molecule has 2 unspecified atom stereocenters. The average Bonchev–Trinajstić information content (AvgIpc) is 2.42. The third-order valence-corrected chi connectivity index (χ3v) is 2.96. The van der Waals surface area contributed by atoms with Gasteiger partial charge < -0.3 is 15.7 Å². The molecule has 0 bridgehead atoms. The Morgan fingerprint density at radius 2 is 2.14 bits per heavy atom. The SMILES string of the molecule is CC(C)C(O)CNC1CCCNCC1. The molecule has 0 spiro atoms. The lowest BCUT2D eigenvalue weighted by Crippen LogP contribution is -2.38. The van der Waals surface area contributed by atoms with Crippen molar-refractivity contribution in [3.63, 3.8) is 0 Å². The van der Waals surface area contributed by atoms with Crippen LogP contribution in [-0.4, -0.2) is 36.9 Å². The number of aliphatic hydroxyl groups excluding tert-OH is 1. The summed E-state index contributed by atoms with van der Waals surface area (Å²) in [5, 5.41) is 16.5. The highest BCUT2D eigenvalue weighted by atomic mass is 16.3. The lowest BCUT2D eigenvalue weighted by molar-refractivity contribution is 0.119. The van der Waals surface area contributed by atoms with E-state index in [0.717, 1.165) is 19.6 Å². The fourth-order valence-electron chi connectivity index (χ4n) is 1.75. The molecule has 84 valence electrons. The largest absolute Gasteiger partial charge is 0.392 e. The van der Waals surface area contributed by atoms with Gasteiger partial charge in [-0.1, -0.05) is 13.8 Å². The Kier molecular flexibility index (Phi) is 5.45. The zero-order valence-corrected chi connectivity index (χ0v) is 9.42. The summed E-state index contributed by atoms with van der Waals surface area (Å²) in [4.78, 5) is 0. The molecule has 1 aliphatic heterocycles. The van der Waals surface area contributed by atoms with E-state index in [1.54, 1.807) is 0 Å². The van der Waals surface area contributed by atoms with Crippen molar-refractivity contribution in [3.05, 3.63) is 0 Å². The fraction of sp³-hybridized carbons (Fsp3) is 1.00. The molecule has 3 N–H and O–H groups in total. The van der Waals surface area contributed by atoms with Gasteiger partial charge in [-0.05, 0) is 38.3 Å². The quantitative estimate of drug-likeness (QED) is 0.627. The highest BCUT2D eigenvalue weighted by Gasteiger charge is 2.14. The second-order valence-corrected chi connectivity index (χ2v) is 4.60. The van der Waals surface area contributed by atoms with Crippen molar-refractivity contribution in [2.75, 3.05) is 19.6 Å². The molecule has 3 nitrogen and oxygen atoms in total. The number of hydrogen-bond acceptors (Lipinski definition) is 3. The molecule has 1 heterocycles. The van der Waals surface area contributed by atoms with E-state index >= 15 is 0 Å². The van der Waals surface area contributed by atoms with E-state index in [2.05, 4.69) is 24.5 Å². The molecule has 3 heteroatoms. The van der Waals surface area contributed by atoms with Gasteiger partial charge in [-0.2, -0.15) is 0 Å². The molecule has 2 atom stereocenters. The smallest absolute Gasteiger partial charge is 0.0687 e. The standard InChI is InChI=1S/C11H24N2O/c1-9(2)11(14)8-13-10-4-3-6-12-7-5-10/h9-14H,3-8H2,1-2H3.